The number of alkyl halides is 2. The minimum absolute atomic E-state index is 0.0571. The monoisotopic (exact) mass is 329 g/mol. The summed E-state index contributed by atoms with van der Waals surface area (Å²) in [5, 5.41) is 11.4. The van der Waals surface area contributed by atoms with E-state index in [-0.39, 0.29) is 23.5 Å². The second-order valence-electron chi connectivity index (χ2n) is 4.41. The van der Waals surface area contributed by atoms with Crippen molar-refractivity contribution in [3.05, 3.63) is 35.9 Å². The normalized spacial score (nSPS) is 12.2. The molecule has 1 atom stereocenters. The number of rotatable bonds is 8. The lowest BCUT2D eigenvalue weighted by Crippen LogP contribution is -2.40. The number of ether oxygens (including phenoxy) is 2. The third-order valence-corrected chi connectivity index (χ3v) is 2.85. The Morgan fingerprint density at radius 1 is 1.35 bits per heavy atom. The predicted molar refractivity (Wildman–Crippen MR) is 77.9 cm³/mol. The number of nitrogens with one attached hydrogen (secondary N) is 1. The lowest BCUT2D eigenvalue weighted by molar-refractivity contribution is -0.139. The van der Waals surface area contributed by atoms with Crippen LogP contribution in [0.4, 0.5) is 8.78 Å². The Kier molecular flexibility index (Phi) is 6.98. The number of amides is 1. The molecule has 23 heavy (non-hydrogen) atoms. The van der Waals surface area contributed by atoms with Crippen molar-refractivity contribution in [1.29, 1.82) is 0 Å². The Labute approximate surface area is 131 Å². The molecule has 0 fully saturated rings. The third kappa shape index (κ3) is 5.57. The molecule has 126 valence electrons. The Balaban J connectivity index is 2.92. The minimum Gasteiger partial charge on any atom is -0.493 e. The van der Waals surface area contributed by atoms with Crippen molar-refractivity contribution >= 4 is 11.9 Å². The fraction of sp³-hybridized carbons (Fsp3) is 0.333. The molecule has 0 saturated heterocycles. The second kappa shape index (κ2) is 8.72. The van der Waals surface area contributed by atoms with E-state index in [0.29, 0.717) is 0 Å². The van der Waals surface area contributed by atoms with Gasteiger partial charge in [-0.2, -0.15) is 8.78 Å². The Hall–Kier alpha value is -2.64. The molecule has 0 aromatic heterocycles. The Morgan fingerprint density at radius 3 is 2.57 bits per heavy atom. The van der Waals surface area contributed by atoms with E-state index in [1.165, 1.54) is 19.2 Å². The summed E-state index contributed by atoms with van der Waals surface area (Å²) in [5.74, 6) is -2.12. The molecule has 1 unspecified atom stereocenters. The topological polar surface area (TPSA) is 84.9 Å². The quantitative estimate of drug-likeness (QED) is 0.716. The van der Waals surface area contributed by atoms with E-state index in [0.717, 1.165) is 6.07 Å². The highest BCUT2D eigenvalue weighted by atomic mass is 19.3. The number of aliphatic carboxylic acids is 1. The van der Waals surface area contributed by atoms with Crippen LogP contribution < -0.4 is 14.8 Å². The first-order valence-corrected chi connectivity index (χ1v) is 6.66. The summed E-state index contributed by atoms with van der Waals surface area (Å²) < 4.78 is 33.6. The summed E-state index contributed by atoms with van der Waals surface area (Å²) in [6.07, 6.45) is 3.40. The van der Waals surface area contributed by atoms with E-state index in [1.54, 1.807) is 19.1 Å². The fourth-order valence-electron chi connectivity index (χ4n) is 1.74. The number of methoxy groups -OCH3 is 1. The van der Waals surface area contributed by atoms with E-state index in [9.17, 15) is 18.4 Å². The van der Waals surface area contributed by atoms with Crippen molar-refractivity contribution in [2.45, 2.75) is 26.0 Å². The van der Waals surface area contributed by atoms with Crippen LogP contribution >= 0.6 is 0 Å². The van der Waals surface area contributed by atoms with Gasteiger partial charge in [-0.15, -0.1) is 0 Å². The number of hydrogen-bond donors (Lipinski definition) is 2. The van der Waals surface area contributed by atoms with Crippen LogP contribution in [0.25, 0.3) is 0 Å². The molecule has 8 heteroatoms. The molecule has 0 aliphatic carbocycles. The third-order valence-electron chi connectivity index (χ3n) is 2.85. The van der Waals surface area contributed by atoms with Crippen molar-refractivity contribution in [2.24, 2.45) is 0 Å². The maximum atomic E-state index is 12.2. The van der Waals surface area contributed by atoms with Crippen LogP contribution in [-0.2, 0) is 4.79 Å². The molecule has 0 aliphatic rings. The molecule has 6 nitrogen and oxygen atoms in total. The van der Waals surface area contributed by atoms with Crippen LogP contribution in [0, 0.1) is 0 Å². The summed E-state index contributed by atoms with van der Waals surface area (Å²) >= 11 is 0. The smallest absolute Gasteiger partial charge is 0.387 e. The zero-order chi connectivity index (χ0) is 17.4. The summed E-state index contributed by atoms with van der Waals surface area (Å²) in [7, 11) is 1.24. The molecule has 0 spiro atoms. The van der Waals surface area contributed by atoms with Crippen LogP contribution in [0.5, 0.6) is 11.5 Å². The number of carbonyl (C=O) groups excluding carboxylic acids is 1. The van der Waals surface area contributed by atoms with Crippen LogP contribution in [-0.4, -0.2) is 36.7 Å². The number of carboxylic acid groups (broad SMARTS) is 1. The maximum Gasteiger partial charge on any atom is 0.387 e. The highest BCUT2D eigenvalue weighted by molar-refractivity contribution is 5.97. The van der Waals surface area contributed by atoms with Crippen molar-refractivity contribution < 1.29 is 33.0 Å². The average Bonchev–Trinajstić information content (AvgIpc) is 2.50. The van der Waals surface area contributed by atoms with E-state index in [1.807, 2.05) is 0 Å². The van der Waals surface area contributed by atoms with Gasteiger partial charge >= 0.3 is 12.6 Å². The van der Waals surface area contributed by atoms with Gasteiger partial charge in [0.05, 0.1) is 7.11 Å². The lowest BCUT2D eigenvalue weighted by Gasteiger charge is -2.14. The molecule has 1 aromatic carbocycles. The summed E-state index contributed by atoms with van der Waals surface area (Å²) in [6.45, 7) is -1.30. The van der Waals surface area contributed by atoms with Gasteiger partial charge in [0, 0.05) is 5.56 Å². The van der Waals surface area contributed by atoms with Crippen LogP contribution in [0.2, 0.25) is 0 Å². The van der Waals surface area contributed by atoms with Gasteiger partial charge in [0.1, 0.15) is 6.04 Å². The van der Waals surface area contributed by atoms with Gasteiger partial charge in [0.25, 0.3) is 5.91 Å². The highest BCUT2D eigenvalue weighted by Crippen LogP contribution is 2.29. The van der Waals surface area contributed by atoms with Gasteiger partial charge in [0.2, 0.25) is 0 Å². The van der Waals surface area contributed by atoms with Gasteiger partial charge < -0.3 is 19.9 Å². The van der Waals surface area contributed by atoms with Crippen molar-refractivity contribution in [2.75, 3.05) is 7.11 Å². The number of carbonyl (C=O) groups is 2. The first-order chi connectivity index (χ1) is 10.9. The second-order valence-corrected chi connectivity index (χ2v) is 4.41. The molecular weight excluding hydrogens is 312 g/mol. The number of allylic oxidation sites excluding steroid dienone is 1. The van der Waals surface area contributed by atoms with Crippen molar-refractivity contribution in [1.82, 2.24) is 5.32 Å². The van der Waals surface area contributed by atoms with Crippen molar-refractivity contribution in [3.8, 4) is 11.5 Å². The number of carboxylic acids is 1. The van der Waals surface area contributed by atoms with Gasteiger partial charge in [-0.1, -0.05) is 12.2 Å². The van der Waals surface area contributed by atoms with Crippen LogP contribution in [0.1, 0.15) is 23.7 Å². The molecule has 1 rings (SSSR count). The molecule has 0 heterocycles. The molecule has 0 bridgehead atoms. The largest absolute Gasteiger partial charge is 0.493 e. The van der Waals surface area contributed by atoms with E-state index in [2.05, 4.69) is 10.1 Å². The average molecular weight is 329 g/mol. The van der Waals surface area contributed by atoms with Crippen molar-refractivity contribution in [3.63, 3.8) is 0 Å². The predicted octanol–water partition coefficient (Wildman–Crippen LogP) is 2.45. The highest BCUT2D eigenvalue weighted by Gasteiger charge is 2.20. The van der Waals surface area contributed by atoms with Crippen LogP contribution in [0.15, 0.2) is 30.4 Å². The molecule has 0 radical (unpaired) electrons. The minimum atomic E-state index is -3.03. The summed E-state index contributed by atoms with van der Waals surface area (Å²) in [4.78, 5) is 23.2. The molecule has 1 aromatic rings. The molecule has 0 saturated carbocycles. The van der Waals surface area contributed by atoms with E-state index >= 15 is 0 Å². The molecule has 0 aliphatic heterocycles. The maximum absolute atomic E-state index is 12.2. The molecule has 2 N–H and O–H groups in total. The van der Waals surface area contributed by atoms with Gasteiger partial charge in [0.15, 0.2) is 11.5 Å². The van der Waals surface area contributed by atoms with Gasteiger partial charge in [-0.05, 0) is 31.5 Å². The number of benzene rings is 1. The van der Waals surface area contributed by atoms with Gasteiger partial charge in [-0.25, -0.2) is 4.79 Å². The number of hydrogen-bond acceptors (Lipinski definition) is 4. The lowest BCUT2D eigenvalue weighted by atomic mass is 10.1. The summed E-state index contributed by atoms with van der Waals surface area (Å²) in [6, 6.07) is 2.49. The fourth-order valence-corrected chi connectivity index (χ4v) is 1.74. The Morgan fingerprint density at radius 2 is 2.04 bits per heavy atom. The standard InChI is InChI=1S/C15H17F2NO5/c1-3-4-5-10(14(20)21)18-13(19)9-6-7-11(23-15(16)17)12(8-9)22-2/h3-4,6-8,10,15H,5H2,1-2H3,(H,18,19)(H,20,21)/b4-3+. The molecular formula is C15H17F2NO5. The van der Waals surface area contributed by atoms with E-state index < -0.39 is 24.5 Å². The SMILES string of the molecule is C/C=C/CC(NC(=O)c1ccc(OC(F)F)c(OC)c1)C(=O)O. The first kappa shape index (κ1) is 18.4. The van der Waals surface area contributed by atoms with E-state index in [4.69, 9.17) is 9.84 Å². The Bertz CT molecular complexity index is 589. The van der Waals surface area contributed by atoms with Gasteiger partial charge in [-0.3, -0.25) is 4.79 Å². The summed E-state index contributed by atoms with van der Waals surface area (Å²) in [5.41, 5.74) is 0.0650. The first-order valence-electron chi connectivity index (χ1n) is 6.66. The molecule has 1 amide bonds. The van der Waals surface area contributed by atoms with Crippen LogP contribution in [0.3, 0.4) is 0 Å². The number of halogens is 2. The zero-order valence-electron chi connectivity index (χ0n) is 12.6. The zero-order valence-corrected chi connectivity index (χ0v) is 12.6.